The van der Waals surface area contributed by atoms with Crippen LogP contribution in [-0.2, 0) is 0 Å². The fourth-order valence-electron chi connectivity index (χ4n) is 2.69. The Morgan fingerprint density at radius 2 is 2.10 bits per heavy atom. The number of carbonyl (C=O) groups excluding carboxylic acids is 1. The third kappa shape index (κ3) is 2.79. The average molecular weight is 285 g/mol. The van der Waals surface area contributed by atoms with Gasteiger partial charge in [-0.25, -0.2) is 0 Å². The van der Waals surface area contributed by atoms with Gasteiger partial charge in [-0.3, -0.25) is 4.79 Å². The van der Waals surface area contributed by atoms with Crippen LogP contribution in [0.1, 0.15) is 53.8 Å². The summed E-state index contributed by atoms with van der Waals surface area (Å²) in [5.41, 5.74) is 1.99. The van der Waals surface area contributed by atoms with Crippen LogP contribution in [0.5, 0.6) is 0 Å². The fourth-order valence-corrected chi connectivity index (χ4v) is 2.69. The van der Waals surface area contributed by atoms with Crippen molar-refractivity contribution in [3.05, 3.63) is 41.2 Å². The molecule has 2 aromatic rings. The van der Waals surface area contributed by atoms with Gasteiger partial charge in [0.05, 0.1) is 0 Å². The van der Waals surface area contributed by atoms with E-state index in [9.17, 15) is 4.79 Å². The number of hydrogen-bond donors (Lipinski definition) is 1. The number of aromatic amines is 1. The molecule has 1 aliphatic rings. The van der Waals surface area contributed by atoms with Gasteiger partial charge in [0.25, 0.3) is 5.91 Å². The number of nitrogens with one attached hydrogen (secondary N) is 1. The first-order valence-corrected chi connectivity index (χ1v) is 7.27. The van der Waals surface area contributed by atoms with Crippen molar-refractivity contribution < 1.29 is 4.79 Å². The summed E-state index contributed by atoms with van der Waals surface area (Å²) in [6.07, 6.45) is 0.884. The van der Waals surface area contributed by atoms with Crippen LogP contribution in [0, 0.1) is 0 Å². The number of rotatable bonds is 3. The predicted molar refractivity (Wildman–Crippen MR) is 78.0 cm³/mol. The van der Waals surface area contributed by atoms with Crippen molar-refractivity contribution in [1.29, 1.82) is 0 Å². The number of amides is 1. The van der Waals surface area contributed by atoms with E-state index in [0.29, 0.717) is 18.3 Å². The van der Waals surface area contributed by atoms with Crippen molar-refractivity contribution in [2.45, 2.75) is 32.1 Å². The van der Waals surface area contributed by atoms with E-state index in [1.165, 1.54) is 5.56 Å². The van der Waals surface area contributed by atoms with Crippen LogP contribution in [0.2, 0.25) is 0 Å². The molecule has 1 amide bonds. The van der Waals surface area contributed by atoms with Crippen LogP contribution < -0.4 is 0 Å². The van der Waals surface area contributed by atoms with Crippen molar-refractivity contribution >= 4 is 5.91 Å². The van der Waals surface area contributed by atoms with Crippen LogP contribution in [0.15, 0.2) is 24.3 Å². The molecule has 1 aromatic carbocycles. The molecule has 21 heavy (non-hydrogen) atoms. The zero-order valence-corrected chi connectivity index (χ0v) is 12.3. The maximum atomic E-state index is 12.5. The van der Waals surface area contributed by atoms with Crippen LogP contribution >= 0.6 is 0 Å². The summed E-state index contributed by atoms with van der Waals surface area (Å²) in [6, 6.07) is 7.90. The van der Waals surface area contributed by atoms with Gasteiger partial charge in [0.15, 0.2) is 5.82 Å². The molecule has 2 heterocycles. The van der Waals surface area contributed by atoms with Gasteiger partial charge in [-0.1, -0.05) is 31.2 Å². The predicted octanol–water partition coefficient (Wildman–Crippen LogP) is 1.95. The van der Waals surface area contributed by atoms with Gasteiger partial charge in [-0.2, -0.15) is 5.21 Å². The number of nitrogens with zero attached hydrogens (tertiary/aromatic N) is 4. The van der Waals surface area contributed by atoms with E-state index in [4.69, 9.17) is 0 Å². The van der Waals surface area contributed by atoms with E-state index in [1.54, 1.807) is 0 Å². The van der Waals surface area contributed by atoms with E-state index in [2.05, 4.69) is 34.5 Å². The number of carbonyl (C=O) groups is 1. The number of aromatic nitrogens is 4. The van der Waals surface area contributed by atoms with E-state index < -0.39 is 0 Å². The van der Waals surface area contributed by atoms with Gasteiger partial charge >= 0.3 is 0 Å². The summed E-state index contributed by atoms with van der Waals surface area (Å²) in [4.78, 5) is 14.4. The molecule has 0 spiro atoms. The zero-order chi connectivity index (χ0) is 14.8. The van der Waals surface area contributed by atoms with Gasteiger partial charge in [-0.15, -0.1) is 10.2 Å². The Bertz CT molecular complexity index is 606. The fraction of sp³-hybridized carbons (Fsp3) is 0.467. The second-order valence-electron chi connectivity index (χ2n) is 5.78. The molecule has 0 radical (unpaired) electrons. The molecule has 1 aliphatic heterocycles. The minimum atomic E-state index is 0.0799. The van der Waals surface area contributed by atoms with Gasteiger partial charge in [0.2, 0.25) is 0 Å². The van der Waals surface area contributed by atoms with Gasteiger partial charge in [-0.05, 0) is 30.0 Å². The van der Waals surface area contributed by atoms with E-state index in [1.807, 2.05) is 29.2 Å². The van der Waals surface area contributed by atoms with Crippen molar-refractivity contribution in [3.63, 3.8) is 0 Å². The quantitative estimate of drug-likeness (QED) is 0.935. The average Bonchev–Trinajstić information content (AvgIpc) is 3.17. The second-order valence-corrected chi connectivity index (χ2v) is 5.78. The summed E-state index contributed by atoms with van der Waals surface area (Å²) < 4.78 is 0. The molecule has 110 valence electrons. The van der Waals surface area contributed by atoms with E-state index in [0.717, 1.165) is 18.5 Å². The molecule has 1 atom stereocenters. The maximum Gasteiger partial charge on any atom is 0.253 e. The molecular formula is C15H19N5O. The van der Waals surface area contributed by atoms with Gasteiger partial charge in [0.1, 0.15) is 0 Å². The number of tetrazole rings is 1. The van der Waals surface area contributed by atoms with Crippen LogP contribution in [0.4, 0.5) is 0 Å². The second kappa shape index (κ2) is 5.63. The minimum absolute atomic E-state index is 0.0799. The Kier molecular flexibility index (Phi) is 3.68. The van der Waals surface area contributed by atoms with Crippen LogP contribution in [-0.4, -0.2) is 44.5 Å². The van der Waals surface area contributed by atoms with Crippen LogP contribution in [0.3, 0.4) is 0 Å². The Hall–Kier alpha value is -2.24. The molecule has 0 bridgehead atoms. The lowest BCUT2D eigenvalue weighted by Gasteiger charge is -2.16. The first kappa shape index (κ1) is 13.7. The largest absolute Gasteiger partial charge is 0.338 e. The van der Waals surface area contributed by atoms with Crippen molar-refractivity contribution in [2.24, 2.45) is 0 Å². The molecule has 1 aromatic heterocycles. The molecule has 6 nitrogen and oxygen atoms in total. The lowest BCUT2D eigenvalue weighted by Crippen LogP contribution is -2.28. The number of likely N-dealkylation sites (tertiary alicyclic amines) is 1. The molecule has 0 saturated carbocycles. The molecule has 1 N–H and O–H groups in total. The van der Waals surface area contributed by atoms with Crippen molar-refractivity contribution in [1.82, 2.24) is 25.5 Å². The number of H-pyrrole nitrogens is 1. The maximum absolute atomic E-state index is 12.5. The molecule has 1 saturated heterocycles. The third-order valence-electron chi connectivity index (χ3n) is 4.03. The lowest BCUT2D eigenvalue weighted by molar-refractivity contribution is 0.0790. The molecule has 1 unspecified atom stereocenters. The van der Waals surface area contributed by atoms with E-state index >= 15 is 0 Å². The zero-order valence-electron chi connectivity index (χ0n) is 12.3. The van der Waals surface area contributed by atoms with Crippen molar-refractivity contribution in [3.8, 4) is 0 Å². The summed E-state index contributed by atoms with van der Waals surface area (Å²) >= 11 is 0. The normalized spacial score (nSPS) is 18.4. The summed E-state index contributed by atoms with van der Waals surface area (Å²) in [7, 11) is 0. The highest BCUT2D eigenvalue weighted by molar-refractivity contribution is 5.94. The lowest BCUT2D eigenvalue weighted by atomic mass is 10.0. The molecule has 6 heteroatoms. The first-order chi connectivity index (χ1) is 10.1. The number of hydrogen-bond acceptors (Lipinski definition) is 4. The molecule has 3 rings (SSSR count). The first-order valence-electron chi connectivity index (χ1n) is 7.27. The Morgan fingerprint density at radius 3 is 2.71 bits per heavy atom. The Morgan fingerprint density at radius 1 is 1.33 bits per heavy atom. The summed E-state index contributed by atoms with van der Waals surface area (Å²) in [6.45, 7) is 5.69. The van der Waals surface area contributed by atoms with Crippen molar-refractivity contribution in [2.75, 3.05) is 13.1 Å². The summed E-state index contributed by atoms with van der Waals surface area (Å²) in [5.74, 6) is 1.43. The van der Waals surface area contributed by atoms with Gasteiger partial charge in [0, 0.05) is 24.6 Å². The molecule has 0 aliphatic carbocycles. The Labute approximate surface area is 123 Å². The third-order valence-corrected chi connectivity index (χ3v) is 4.03. The minimum Gasteiger partial charge on any atom is -0.338 e. The Balaban J connectivity index is 1.68. The SMILES string of the molecule is CC(C)c1ccc(C(=O)N2CCC(c3nn[nH]n3)C2)cc1. The van der Waals surface area contributed by atoms with Gasteiger partial charge < -0.3 is 4.90 Å². The topological polar surface area (TPSA) is 74.8 Å². The van der Waals surface area contributed by atoms with E-state index in [-0.39, 0.29) is 11.8 Å². The molecular weight excluding hydrogens is 266 g/mol. The molecule has 1 fully saturated rings. The highest BCUT2D eigenvalue weighted by Gasteiger charge is 2.30. The van der Waals surface area contributed by atoms with Crippen LogP contribution in [0.25, 0.3) is 0 Å². The highest BCUT2D eigenvalue weighted by atomic mass is 16.2. The smallest absolute Gasteiger partial charge is 0.253 e. The standard InChI is InChI=1S/C15H19N5O/c1-10(2)11-3-5-12(6-4-11)15(21)20-8-7-13(9-20)14-16-18-19-17-14/h3-6,10,13H,7-9H2,1-2H3,(H,16,17,18,19). The number of benzene rings is 1. The highest BCUT2D eigenvalue weighted by Crippen LogP contribution is 2.25. The summed E-state index contributed by atoms with van der Waals surface area (Å²) in [5, 5.41) is 14.1. The monoisotopic (exact) mass is 285 g/mol.